The molecule has 1 saturated heterocycles. The zero-order valence-electron chi connectivity index (χ0n) is 17.3. The second-order valence-corrected chi connectivity index (χ2v) is 8.60. The molecular weight excluding hydrogens is 441 g/mol. The van der Waals surface area contributed by atoms with E-state index in [2.05, 4.69) is 20.6 Å². The average Bonchev–Trinajstić information content (AvgIpc) is 3.34. The zero-order valence-corrected chi connectivity index (χ0v) is 18.1. The van der Waals surface area contributed by atoms with Crippen LogP contribution in [0.4, 0.5) is 10.1 Å². The highest BCUT2D eigenvalue weighted by atomic mass is 35.5. The van der Waals surface area contributed by atoms with Crippen LogP contribution in [0.2, 0.25) is 5.02 Å². The minimum absolute atomic E-state index is 0.00845. The molecule has 1 aliphatic carbocycles. The summed E-state index contributed by atoms with van der Waals surface area (Å²) in [6.45, 7) is 0. The minimum atomic E-state index is -1.06. The molecule has 11 heteroatoms. The smallest absolute Gasteiger partial charge is 0.272 e. The third kappa shape index (κ3) is 3.84. The van der Waals surface area contributed by atoms with Crippen molar-refractivity contribution in [2.45, 2.75) is 44.4 Å². The number of aliphatic hydroxyl groups excluding tert-OH is 1. The van der Waals surface area contributed by atoms with Crippen molar-refractivity contribution in [3.63, 3.8) is 0 Å². The predicted molar refractivity (Wildman–Crippen MR) is 114 cm³/mol. The third-order valence-electron chi connectivity index (χ3n) is 6.30. The molecule has 1 spiro atoms. The number of nitrogens with one attached hydrogen (secondary N) is 3. The SMILES string of the molecule is CNC(=O)c1[nH]cnc1C(=O)NC1CCC2(CC1)CC(O)N(c1ccc(F)cc1Cl)C2=O. The Balaban J connectivity index is 1.43. The van der Waals surface area contributed by atoms with Crippen LogP contribution in [0.15, 0.2) is 24.5 Å². The van der Waals surface area contributed by atoms with Gasteiger partial charge in [0.05, 0.1) is 22.5 Å². The number of aromatic nitrogens is 2. The van der Waals surface area contributed by atoms with Crippen molar-refractivity contribution in [1.82, 2.24) is 20.6 Å². The molecule has 32 heavy (non-hydrogen) atoms. The van der Waals surface area contributed by atoms with Gasteiger partial charge in [-0.2, -0.15) is 0 Å². The van der Waals surface area contributed by atoms with Gasteiger partial charge in [-0.15, -0.1) is 0 Å². The van der Waals surface area contributed by atoms with E-state index in [0.29, 0.717) is 25.7 Å². The van der Waals surface area contributed by atoms with Crippen LogP contribution < -0.4 is 15.5 Å². The topological polar surface area (TPSA) is 127 Å². The summed E-state index contributed by atoms with van der Waals surface area (Å²) >= 11 is 6.11. The molecule has 2 aliphatic rings. The predicted octanol–water partition coefficient (Wildman–Crippen LogP) is 1.98. The Labute approximate surface area is 188 Å². The number of aromatic amines is 1. The monoisotopic (exact) mass is 463 g/mol. The fraction of sp³-hybridized carbons (Fsp3) is 0.429. The summed E-state index contributed by atoms with van der Waals surface area (Å²) in [6.07, 6.45) is 2.43. The van der Waals surface area contributed by atoms with Gasteiger partial charge in [-0.3, -0.25) is 19.3 Å². The molecule has 2 heterocycles. The Morgan fingerprint density at radius 3 is 2.69 bits per heavy atom. The van der Waals surface area contributed by atoms with Crippen LogP contribution in [-0.4, -0.2) is 52.1 Å². The Hall–Kier alpha value is -2.98. The number of H-pyrrole nitrogens is 1. The van der Waals surface area contributed by atoms with Crippen LogP contribution in [0, 0.1) is 11.2 Å². The van der Waals surface area contributed by atoms with Gasteiger partial charge in [0.25, 0.3) is 11.8 Å². The van der Waals surface area contributed by atoms with Crippen molar-refractivity contribution in [3.05, 3.63) is 46.8 Å². The first-order valence-electron chi connectivity index (χ1n) is 10.3. The van der Waals surface area contributed by atoms with E-state index < -0.39 is 29.3 Å². The molecule has 1 aliphatic heterocycles. The van der Waals surface area contributed by atoms with E-state index >= 15 is 0 Å². The fourth-order valence-electron chi connectivity index (χ4n) is 4.62. The number of rotatable bonds is 4. The molecule has 9 nitrogen and oxygen atoms in total. The highest BCUT2D eigenvalue weighted by Gasteiger charge is 2.53. The van der Waals surface area contributed by atoms with E-state index in [0.717, 1.165) is 6.07 Å². The molecule has 1 unspecified atom stereocenters. The van der Waals surface area contributed by atoms with Gasteiger partial charge in [0.2, 0.25) is 5.91 Å². The Bertz CT molecular complexity index is 1070. The van der Waals surface area contributed by atoms with Crippen LogP contribution in [0.5, 0.6) is 0 Å². The largest absolute Gasteiger partial charge is 0.373 e. The molecule has 1 aromatic carbocycles. The van der Waals surface area contributed by atoms with Crippen molar-refractivity contribution in [2.24, 2.45) is 5.41 Å². The van der Waals surface area contributed by atoms with Gasteiger partial charge in [-0.1, -0.05) is 11.6 Å². The number of hydrogen-bond donors (Lipinski definition) is 4. The first-order valence-corrected chi connectivity index (χ1v) is 10.7. The van der Waals surface area contributed by atoms with Crippen molar-refractivity contribution in [1.29, 1.82) is 0 Å². The summed E-state index contributed by atoms with van der Waals surface area (Å²) in [5.74, 6) is -1.69. The van der Waals surface area contributed by atoms with Crippen LogP contribution in [0.3, 0.4) is 0 Å². The molecule has 1 saturated carbocycles. The number of anilines is 1. The van der Waals surface area contributed by atoms with E-state index in [9.17, 15) is 23.9 Å². The number of hydrogen-bond acceptors (Lipinski definition) is 5. The number of carbonyl (C=O) groups excluding carboxylic acids is 3. The van der Waals surface area contributed by atoms with E-state index in [1.54, 1.807) is 0 Å². The molecule has 3 amide bonds. The van der Waals surface area contributed by atoms with E-state index in [1.807, 2.05) is 0 Å². The lowest BCUT2D eigenvalue weighted by Crippen LogP contribution is -2.44. The summed E-state index contributed by atoms with van der Waals surface area (Å²) in [7, 11) is 1.46. The van der Waals surface area contributed by atoms with Crippen LogP contribution >= 0.6 is 11.6 Å². The van der Waals surface area contributed by atoms with E-state index in [-0.39, 0.29) is 40.5 Å². The molecule has 4 N–H and O–H groups in total. The second kappa shape index (κ2) is 8.51. The summed E-state index contributed by atoms with van der Waals surface area (Å²) in [6, 6.07) is 3.49. The van der Waals surface area contributed by atoms with Gasteiger partial charge in [0.15, 0.2) is 5.69 Å². The molecule has 170 valence electrons. The fourth-order valence-corrected chi connectivity index (χ4v) is 4.87. The van der Waals surface area contributed by atoms with Crippen molar-refractivity contribution in [3.8, 4) is 0 Å². The van der Waals surface area contributed by atoms with E-state index in [1.165, 1.54) is 30.4 Å². The number of halogens is 2. The number of carbonyl (C=O) groups is 3. The number of imidazole rings is 1. The maximum absolute atomic E-state index is 13.4. The molecule has 1 atom stereocenters. The maximum Gasteiger partial charge on any atom is 0.272 e. The van der Waals surface area contributed by atoms with Gasteiger partial charge in [-0.25, -0.2) is 9.37 Å². The third-order valence-corrected chi connectivity index (χ3v) is 6.60. The van der Waals surface area contributed by atoms with E-state index in [4.69, 9.17) is 11.6 Å². The lowest BCUT2D eigenvalue weighted by atomic mass is 9.71. The van der Waals surface area contributed by atoms with Crippen molar-refractivity contribution >= 4 is 35.0 Å². The average molecular weight is 464 g/mol. The number of aliphatic hydroxyl groups is 1. The number of benzene rings is 1. The molecular formula is C21H23ClFN5O4. The highest BCUT2D eigenvalue weighted by Crippen LogP contribution is 2.49. The summed E-state index contributed by atoms with van der Waals surface area (Å²) in [4.78, 5) is 45.6. The maximum atomic E-state index is 13.4. The Morgan fingerprint density at radius 2 is 2.03 bits per heavy atom. The summed E-state index contributed by atoms with van der Waals surface area (Å²) < 4.78 is 13.4. The zero-order chi connectivity index (χ0) is 23.0. The lowest BCUT2D eigenvalue weighted by Gasteiger charge is -2.35. The molecule has 2 aromatic rings. The van der Waals surface area contributed by atoms with Gasteiger partial charge in [-0.05, 0) is 43.9 Å². The Morgan fingerprint density at radius 1 is 1.31 bits per heavy atom. The van der Waals surface area contributed by atoms with Gasteiger partial charge in [0, 0.05) is 19.5 Å². The molecule has 0 bridgehead atoms. The first-order chi connectivity index (χ1) is 15.3. The van der Waals surface area contributed by atoms with Crippen molar-refractivity contribution in [2.75, 3.05) is 11.9 Å². The highest BCUT2D eigenvalue weighted by molar-refractivity contribution is 6.34. The quantitative estimate of drug-likeness (QED) is 0.551. The lowest BCUT2D eigenvalue weighted by molar-refractivity contribution is -0.127. The number of nitrogens with zero attached hydrogens (tertiary/aromatic N) is 2. The summed E-state index contributed by atoms with van der Waals surface area (Å²) in [5, 5.41) is 16.0. The van der Waals surface area contributed by atoms with Crippen LogP contribution in [0.1, 0.15) is 53.1 Å². The second-order valence-electron chi connectivity index (χ2n) is 8.19. The molecule has 1 aromatic heterocycles. The first kappa shape index (κ1) is 22.2. The normalized spacial score (nSPS) is 25.2. The van der Waals surface area contributed by atoms with Gasteiger partial charge in [0.1, 0.15) is 17.7 Å². The molecule has 2 fully saturated rings. The van der Waals surface area contributed by atoms with Crippen LogP contribution in [-0.2, 0) is 4.79 Å². The standard InChI is InChI=1S/C21H23ClFN5O4/c1-24-18(30)16-17(26-10-25-16)19(31)27-12-4-6-21(7-5-12)9-15(29)28(20(21)32)14-3-2-11(23)8-13(14)22/h2-3,8,10,12,15,29H,4-7,9H2,1H3,(H,24,30)(H,25,26)(H,27,31). The van der Waals surface area contributed by atoms with Crippen LogP contribution in [0.25, 0.3) is 0 Å². The molecule has 0 radical (unpaired) electrons. The number of amides is 3. The Kier molecular flexibility index (Phi) is 5.91. The minimum Gasteiger partial charge on any atom is -0.373 e. The summed E-state index contributed by atoms with van der Waals surface area (Å²) in [5.41, 5.74) is -0.400. The molecule has 4 rings (SSSR count). The van der Waals surface area contributed by atoms with Crippen molar-refractivity contribution < 1.29 is 23.9 Å². The van der Waals surface area contributed by atoms with Gasteiger partial charge >= 0.3 is 0 Å². The van der Waals surface area contributed by atoms with Gasteiger partial charge < -0.3 is 20.7 Å².